The molecule has 0 aromatic heterocycles. The fourth-order valence-electron chi connectivity index (χ4n) is 3.65. The van der Waals surface area contributed by atoms with Crippen molar-refractivity contribution in [3.63, 3.8) is 0 Å². The Hall–Kier alpha value is -4.65. The first-order valence-electron chi connectivity index (χ1n) is 10.1. The molecule has 0 aliphatic heterocycles. The Kier molecular flexibility index (Phi) is 5.78. The zero-order valence-corrected chi connectivity index (χ0v) is 17.8. The van der Waals surface area contributed by atoms with Crippen LogP contribution in [0.2, 0.25) is 0 Å². The van der Waals surface area contributed by atoms with E-state index in [1.54, 1.807) is 67.8 Å². The number of carbonyl (C=O) groups excluding carboxylic acids is 1. The molecule has 0 radical (unpaired) electrons. The molecule has 0 aliphatic carbocycles. The van der Waals surface area contributed by atoms with Crippen molar-refractivity contribution < 1.29 is 19.4 Å². The standard InChI is InChI=1S/C26H21N3O4/c1-33-19-11-8-16-13-23(25(30)29-18-9-6-15(7-10-18)24(27)28)22(14-17(16)12-19)20-4-2-3-5-21(20)26(31)32/h2-14H,1H3,(H3,27,28)(H,29,30)(H,31,32). The van der Waals surface area contributed by atoms with Crippen molar-refractivity contribution in [1.29, 1.82) is 5.41 Å². The second kappa shape index (κ2) is 8.84. The molecule has 4 rings (SSSR count). The van der Waals surface area contributed by atoms with Crippen molar-refractivity contribution >= 4 is 34.2 Å². The first kappa shape index (κ1) is 21.6. The first-order chi connectivity index (χ1) is 15.9. The van der Waals surface area contributed by atoms with E-state index in [4.69, 9.17) is 15.9 Å². The number of rotatable bonds is 6. The number of amidine groups is 1. The zero-order valence-electron chi connectivity index (χ0n) is 17.8. The number of methoxy groups -OCH3 is 1. The lowest BCUT2D eigenvalue weighted by molar-refractivity contribution is 0.0697. The molecule has 33 heavy (non-hydrogen) atoms. The van der Waals surface area contributed by atoms with Gasteiger partial charge in [0.05, 0.1) is 12.7 Å². The van der Waals surface area contributed by atoms with Gasteiger partial charge in [0.2, 0.25) is 0 Å². The van der Waals surface area contributed by atoms with Crippen LogP contribution in [0.4, 0.5) is 5.69 Å². The summed E-state index contributed by atoms with van der Waals surface area (Å²) in [6, 6.07) is 22.2. The molecule has 164 valence electrons. The van der Waals surface area contributed by atoms with E-state index >= 15 is 0 Å². The molecule has 0 heterocycles. The number of nitrogens with one attached hydrogen (secondary N) is 2. The SMILES string of the molecule is COc1ccc2cc(C(=O)Nc3ccc(C(=N)N)cc3)c(-c3ccccc3C(=O)O)cc2c1. The number of aromatic carboxylic acids is 1. The Balaban J connectivity index is 1.85. The summed E-state index contributed by atoms with van der Waals surface area (Å²) in [5.74, 6) is -0.880. The van der Waals surface area contributed by atoms with Crippen molar-refractivity contribution in [2.45, 2.75) is 0 Å². The lowest BCUT2D eigenvalue weighted by Gasteiger charge is -2.15. The zero-order chi connectivity index (χ0) is 23.5. The van der Waals surface area contributed by atoms with Gasteiger partial charge in [-0.05, 0) is 76.5 Å². The van der Waals surface area contributed by atoms with Crippen LogP contribution in [0.15, 0.2) is 78.9 Å². The van der Waals surface area contributed by atoms with Gasteiger partial charge in [0.25, 0.3) is 5.91 Å². The lowest BCUT2D eigenvalue weighted by atomic mass is 9.92. The Morgan fingerprint density at radius 1 is 0.879 bits per heavy atom. The number of hydrogen-bond acceptors (Lipinski definition) is 4. The van der Waals surface area contributed by atoms with Gasteiger partial charge < -0.3 is 20.9 Å². The van der Waals surface area contributed by atoms with Crippen LogP contribution < -0.4 is 15.8 Å². The first-order valence-corrected chi connectivity index (χ1v) is 10.1. The van der Waals surface area contributed by atoms with E-state index in [1.807, 2.05) is 12.1 Å². The number of carboxylic acid groups (broad SMARTS) is 1. The Bertz CT molecular complexity index is 1390. The molecule has 0 spiro atoms. The van der Waals surface area contributed by atoms with Gasteiger partial charge in [-0.2, -0.15) is 0 Å². The van der Waals surface area contributed by atoms with Crippen LogP contribution in [0, 0.1) is 5.41 Å². The molecule has 0 aliphatic rings. The average molecular weight is 439 g/mol. The summed E-state index contributed by atoms with van der Waals surface area (Å²) in [4.78, 5) is 25.2. The Labute approximate surface area is 189 Å². The van der Waals surface area contributed by atoms with Crippen LogP contribution in [-0.4, -0.2) is 29.9 Å². The second-order valence-electron chi connectivity index (χ2n) is 7.41. The molecular formula is C26H21N3O4. The number of fused-ring (bicyclic) bond motifs is 1. The third-order valence-electron chi connectivity index (χ3n) is 5.33. The predicted octanol–water partition coefficient (Wildman–Crippen LogP) is 4.75. The molecule has 0 atom stereocenters. The van der Waals surface area contributed by atoms with Crippen LogP contribution >= 0.6 is 0 Å². The van der Waals surface area contributed by atoms with E-state index in [2.05, 4.69) is 5.32 Å². The monoisotopic (exact) mass is 439 g/mol. The summed E-state index contributed by atoms with van der Waals surface area (Å²) < 4.78 is 5.32. The van der Waals surface area contributed by atoms with Gasteiger partial charge in [-0.3, -0.25) is 10.2 Å². The molecule has 7 nitrogen and oxygen atoms in total. The number of nitrogen functional groups attached to an aromatic ring is 1. The van der Waals surface area contributed by atoms with Crippen molar-refractivity contribution in [3.05, 3.63) is 95.6 Å². The van der Waals surface area contributed by atoms with Crippen LogP contribution in [0.25, 0.3) is 21.9 Å². The fraction of sp³-hybridized carbons (Fsp3) is 0.0385. The second-order valence-corrected chi connectivity index (χ2v) is 7.41. The fourth-order valence-corrected chi connectivity index (χ4v) is 3.65. The highest BCUT2D eigenvalue weighted by Crippen LogP contribution is 2.33. The molecule has 7 heteroatoms. The number of nitrogens with two attached hydrogens (primary N) is 1. The Morgan fingerprint density at radius 3 is 2.27 bits per heavy atom. The van der Waals surface area contributed by atoms with Crippen LogP contribution in [0.5, 0.6) is 5.75 Å². The van der Waals surface area contributed by atoms with E-state index in [1.165, 1.54) is 6.07 Å². The number of anilines is 1. The molecule has 0 saturated carbocycles. The maximum Gasteiger partial charge on any atom is 0.336 e. The lowest BCUT2D eigenvalue weighted by Crippen LogP contribution is -2.15. The number of benzene rings is 4. The summed E-state index contributed by atoms with van der Waals surface area (Å²) in [5, 5.41) is 21.7. The number of ether oxygens (including phenoxy) is 1. The highest BCUT2D eigenvalue weighted by molar-refractivity contribution is 6.13. The van der Waals surface area contributed by atoms with Crippen molar-refractivity contribution in [2.75, 3.05) is 12.4 Å². The third kappa shape index (κ3) is 4.38. The van der Waals surface area contributed by atoms with Crippen LogP contribution in [0.3, 0.4) is 0 Å². The number of amides is 1. The quantitative estimate of drug-likeness (QED) is 0.255. The highest BCUT2D eigenvalue weighted by atomic mass is 16.5. The van der Waals surface area contributed by atoms with Crippen molar-refractivity contribution in [3.8, 4) is 16.9 Å². The van der Waals surface area contributed by atoms with Crippen LogP contribution in [-0.2, 0) is 0 Å². The summed E-state index contributed by atoms with van der Waals surface area (Å²) in [7, 11) is 1.57. The predicted molar refractivity (Wildman–Crippen MR) is 128 cm³/mol. The van der Waals surface area contributed by atoms with E-state index in [0.29, 0.717) is 33.7 Å². The molecule has 0 fully saturated rings. The summed E-state index contributed by atoms with van der Waals surface area (Å²) in [6.07, 6.45) is 0. The van der Waals surface area contributed by atoms with Gasteiger partial charge >= 0.3 is 5.97 Å². The maximum absolute atomic E-state index is 13.3. The van der Waals surface area contributed by atoms with Gasteiger partial charge in [-0.25, -0.2) is 4.79 Å². The molecule has 0 saturated heterocycles. The van der Waals surface area contributed by atoms with E-state index < -0.39 is 11.9 Å². The summed E-state index contributed by atoms with van der Waals surface area (Å²) in [5.41, 5.74) is 7.92. The molecule has 5 N–H and O–H groups in total. The largest absolute Gasteiger partial charge is 0.497 e. The average Bonchev–Trinajstić information content (AvgIpc) is 2.83. The smallest absolute Gasteiger partial charge is 0.336 e. The highest BCUT2D eigenvalue weighted by Gasteiger charge is 2.19. The summed E-state index contributed by atoms with van der Waals surface area (Å²) >= 11 is 0. The molecule has 4 aromatic rings. The number of hydrogen-bond donors (Lipinski definition) is 4. The van der Waals surface area contributed by atoms with Gasteiger partial charge in [-0.1, -0.05) is 24.3 Å². The van der Waals surface area contributed by atoms with E-state index in [0.717, 1.165) is 10.8 Å². The van der Waals surface area contributed by atoms with E-state index in [9.17, 15) is 14.7 Å². The molecule has 4 aromatic carbocycles. The van der Waals surface area contributed by atoms with Gasteiger partial charge in [0.15, 0.2) is 0 Å². The summed E-state index contributed by atoms with van der Waals surface area (Å²) in [6.45, 7) is 0. The minimum atomic E-state index is -1.08. The van der Waals surface area contributed by atoms with Gasteiger partial charge in [-0.15, -0.1) is 0 Å². The van der Waals surface area contributed by atoms with Crippen molar-refractivity contribution in [1.82, 2.24) is 0 Å². The minimum absolute atomic E-state index is 0.0644. The molecule has 0 bridgehead atoms. The van der Waals surface area contributed by atoms with Gasteiger partial charge in [0.1, 0.15) is 11.6 Å². The van der Waals surface area contributed by atoms with Crippen molar-refractivity contribution in [2.24, 2.45) is 5.73 Å². The maximum atomic E-state index is 13.3. The topological polar surface area (TPSA) is 126 Å². The molecule has 0 unspecified atom stereocenters. The normalized spacial score (nSPS) is 10.6. The molecule has 1 amide bonds. The number of carboxylic acids is 1. The Morgan fingerprint density at radius 2 is 1.61 bits per heavy atom. The molecular weight excluding hydrogens is 418 g/mol. The minimum Gasteiger partial charge on any atom is -0.497 e. The van der Waals surface area contributed by atoms with Crippen LogP contribution in [0.1, 0.15) is 26.3 Å². The van der Waals surface area contributed by atoms with Gasteiger partial charge in [0, 0.05) is 16.8 Å². The number of carbonyl (C=O) groups is 2. The third-order valence-corrected chi connectivity index (χ3v) is 5.33. The van der Waals surface area contributed by atoms with E-state index in [-0.39, 0.29) is 11.4 Å².